The number of aryl methyl sites for hydroxylation is 2. The van der Waals surface area contributed by atoms with E-state index >= 15 is 0 Å². The first-order chi connectivity index (χ1) is 9.11. The molecule has 0 radical (unpaired) electrons. The molecule has 0 spiro atoms. The molecule has 1 aromatic heterocycles. The summed E-state index contributed by atoms with van der Waals surface area (Å²) in [6.07, 6.45) is 2.45. The van der Waals surface area contributed by atoms with Crippen molar-refractivity contribution in [2.45, 2.75) is 32.4 Å². The maximum Gasteiger partial charge on any atom is 0.0860 e. The minimum Gasteiger partial charge on any atom is -0.395 e. The lowest BCUT2D eigenvalue weighted by Gasteiger charge is -2.25. The lowest BCUT2D eigenvalue weighted by molar-refractivity contribution is 0.176. The predicted octanol–water partition coefficient (Wildman–Crippen LogP) is 0.928. The zero-order chi connectivity index (χ0) is 13.8. The van der Waals surface area contributed by atoms with Crippen molar-refractivity contribution in [1.29, 1.82) is 0 Å². The van der Waals surface area contributed by atoms with E-state index in [2.05, 4.69) is 15.3 Å². The second kappa shape index (κ2) is 6.70. The van der Waals surface area contributed by atoms with E-state index in [1.165, 1.54) is 12.8 Å². The van der Waals surface area contributed by atoms with E-state index in [4.69, 9.17) is 11.6 Å². The summed E-state index contributed by atoms with van der Waals surface area (Å²) in [6, 6.07) is 0.527. The molecule has 1 aliphatic heterocycles. The minimum absolute atomic E-state index is 0.168. The molecule has 2 heterocycles. The van der Waals surface area contributed by atoms with E-state index in [1.807, 2.05) is 18.7 Å². The Bertz CT molecular complexity index is 415. The maximum atomic E-state index is 9.21. The molecule has 1 unspecified atom stereocenters. The molecule has 108 valence electrons. The van der Waals surface area contributed by atoms with Gasteiger partial charge in [-0.1, -0.05) is 11.6 Å². The Hall–Kier alpha value is -0.620. The summed E-state index contributed by atoms with van der Waals surface area (Å²) < 4.78 is 1.84. The van der Waals surface area contributed by atoms with Crippen molar-refractivity contribution >= 4 is 11.6 Å². The highest BCUT2D eigenvalue weighted by atomic mass is 35.5. The third-order valence-corrected chi connectivity index (χ3v) is 4.18. The molecule has 19 heavy (non-hydrogen) atoms. The van der Waals surface area contributed by atoms with E-state index in [0.717, 1.165) is 36.0 Å². The topological polar surface area (TPSA) is 53.3 Å². The molecule has 2 N–H and O–H groups in total. The van der Waals surface area contributed by atoms with E-state index < -0.39 is 0 Å². The van der Waals surface area contributed by atoms with Crippen LogP contribution in [0.15, 0.2) is 0 Å². The Morgan fingerprint density at radius 2 is 2.37 bits per heavy atom. The molecular weight excluding hydrogens is 264 g/mol. The van der Waals surface area contributed by atoms with Crippen LogP contribution < -0.4 is 5.32 Å². The van der Waals surface area contributed by atoms with Crippen LogP contribution >= 0.6 is 11.6 Å². The summed E-state index contributed by atoms with van der Waals surface area (Å²) in [4.78, 5) is 2.24. The molecule has 0 bridgehead atoms. The van der Waals surface area contributed by atoms with Gasteiger partial charge in [-0.05, 0) is 26.3 Å². The summed E-state index contributed by atoms with van der Waals surface area (Å²) in [7, 11) is 1.92. The fourth-order valence-corrected chi connectivity index (χ4v) is 2.88. The van der Waals surface area contributed by atoms with E-state index in [1.54, 1.807) is 0 Å². The Morgan fingerprint density at radius 3 is 2.89 bits per heavy atom. The predicted molar refractivity (Wildman–Crippen MR) is 76.3 cm³/mol. The fourth-order valence-electron chi connectivity index (χ4n) is 2.66. The first kappa shape index (κ1) is 14.8. The summed E-state index contributed by atoms with van der Waals surface area (Å²) >= 11 is 6.29. The van der Waals surface area contributed by atoms with Gasteiger partial charge in [0.1, 0.15) is 0 Å². The van der Waals surface area contributed by atoms with Crippen molar-refractivity contribution in [2.24, 2.45) is 7.05 Å². The molecular formula is C13H23ClN4O. The van der Waals surface area contributed by atoms with Gasteiger partial charge in [0.25, 0.3) is 0 Å². The van der Waals surface area contributed by atoms with Gasteiger partial charge >= 0.3 is 0 Å². The standard InChI is InChI=1S/C13H23ClN4O/c1-10-13(14)12(17(2)16-10)9-18(6-7-19)8-11-4-3-5-15-11/h11,15,19H,3-9H2,1-2H3. The molecule has 1 fully saturated rings. The van der Waals surface area contributed by atoms with Crippen LogP contribution in [-0.2, 0) is 13.6 Å². The van der Waals surface area contributed by atoms with Crippen molar-refractivity contribution < 1.29 is 5.11 Å². The molecule has 1 atom stereocenters. The third-order valence-electron chi connectivity index (χ3n) is 3.69. The lowest BCUT2D eigenvalue weighted by atomic mass is 10.2. The van der Waals surface area contributed by atoms with Crippen LogP contribution in [0, 0.1) is 6.92 Å². The SMILES string of the molecule is Cc1nn(C)c(CN(CCO)CC2CCCN2)c1Cl. The molecule has 0 amide bonds. The van der Waals surface area contributed by atoms with Crippen LogP contribution in [0.4, 0.5) is 0 Å². The second-order valence-corrected chi connectivity index (χ2v) is 5.60. The maximum absolute atomic E-state index is 9.21. The number of aliphatic hydroxyl groups excluding tert-OH is 1. The van der Waals surface area contributed by atoms with Gasteiger partial charge in [-0.25, -0.2) is 0 Å². The van der Waals surface area contributed by atoms with Gasteiger partial charge in [-0.2, -0.15) is 5.10 Å². The number of halogens is 1. The Labute approximate surface area is 119 Å². The zero-order valence-corrected chi connectivity index (χ0v) is 12.4. The largest absolute Gasteiger partial charge is 0.395 e. The molecule has 0 aromatic carbocycles. The number of nitrogens with one attached hydrogen (secondary N) is 1. The smallest absolute Gasteiger partial charge is 0.0860 e. The summed E-state index contributed by atoms with van der Waals surface area (Å²) in [5, 5.41) is 17.8. The molecule has 1 aromatic rings. The van der Waals surface area contributed by atoms with Crippen LogP contribution in [0.2, 0.25) is 5.02 Å². The number of hydrogen-bond donors (Lipinski definition) is 2. The van der Waals surface area contributed by atoms with Crippen molar-refractivity contribution in [3.05, 3.63) is 16.4 Å². The van der Waals surface area contributed by atoms with Crippen molar-refractivity contribution in [3.63, 3.8) is 0 Å². The lowest BCUT2D eigenvalue weighted by Crippen LogP contribution is -2.39. The highest BCUT2D eigenvalue weighted by Gasteiger charge is 2.20. The molecule has 2 rings (SSSR count). The van der Waals surface area contributed by atoms with Crippen LogP contribution in [0.5, 0.6) is 0 Å². The first-order valence-electron chi connectivity index (χ1n) is 6.86. The van der Waals surface area contributed by atoms with Gasteiger partial charge in [-0.3, -0.25) is 9.58 Å². The summed E-state index contributed by atoms with van der Waals surface area (Å²) in [5.41, 5.74) is 1.88. The minimum atomic E-state index is 0.168. The van der Waals surface area contributed by atoms with Gasteiger partial charge in [0.05, 0.1) is 23.0 Å². The summed E-state index contributed by atoms with van der Waals surface area (Å²) in [6.45, 7) is 5.53. The monoisotopic (exact) mass is 286 g/mol. The number of rotatable bonds is 6. The molecule has 6 heteroatoms. The van der Waals surface area contributed by atoms with Crippen LogP contribution in [0.3, 0.4) is 0 Å². The number of aromatic nitrogens is 2. The fraction of sp³-hybridized carbons (Fsp3) is 0.769. The number of hydrogen-bond acceptors (Lipinski definition) is 4. The third kappa shape index (κ3) is 3.69. The molecule has 0 aliphatic carbocycles. The van der Waals surface area contributed by atoms with Crippen LogP contribution in [-0.4, -0.2) is 52.1 Å². The molecule has 0 saturated carbocycles. The Kier molecular flexibility index (Phi) is 5.21. The molecule has 1 aliphatic rings. The van der Waals surface area contributed by atoms with Crippen LogP contribution in [0.1, 0.15) is 24.2 Å². The quantitative estimate of drug-likeness (QED) is 0.817. The highest BCUT2D eigenvalue weighted by Crippen LogP contribution is 2.21. The Balaban J connectivity index is 2.02. The zero-order valence-electron chi connectivity index (χ0n) is 11.7. The van der Waals surface area contributed by atoms with Gasteiger partial charge in [0.15, 0.2) is 0 Å². The van der Waals surface area contributed by atoms with Gasteiger partial charge < -0.3 is 10.4 Å². The molecule has 1 saturated heterocycles. The molecule has 5 nitrogen and oxygen atoms in total. The van der Waals surface area contributed by atoms with Crippen LogP contribution in [0.25, 0.3) is 0 Å². The summed E-state index contributed by atoms with van der Waals surface area (Å²) in [5.74, 6) is 0. The average molecular weight is 287 g/mol. The normalized spacial score (nSPS) is 19.5. The second-order valence-electron chi connectivity index (χ2n) is 5.22. The van der Waals surface area contributed by atoms with E-state index in [9.17, 15) is 5.11 Å². The van der Waals surface area contributed by atoms with Gasteiger partial charge in [0, 0.05) is 32.7 Å². The van der Waals surface area contributed by atoms with Gasteiger partial charge in [0.2, 0.25) is 0 Å². The van der Waals surface area contributed by atoms with Gasteiger partial charge in [-0.15, -0.1) is 0 Å². The van der Waals surface area contributed by atoms with Crippen molar-refractivity contribution in [3.8, 4) is 0 Å². The first-order valence-corrected chi connectivity index (χ1v) is 7.24. The van der Waals surface area contributed by atoms with E-state index in [0.29, 0.717) is 12.6 Å². The van der Waals surface area contributed by atoms with Crippen molar-refractivity contribution in [1.82, 2.24) is 20.0 Å². The number of aliphatic hydroxyl groups is 1. The van der Waals surface area contributed by atoms with Crippen molar-refractivity contribution in [2.75, 3.05) is 26.2 Å². The average Bonchev–Trinajstić information content (AvgIpc) is 2.94. The number of nitrogens with zero attached hydrogens (tertiary/aromatic N) is 3. The Morgan fingerprint density at radius 1 is 1.58 bits per heavy atom. The highest BCUT2D eigenvalue weighted by molar-refractivity contribution is 6.31. The van der Waals surface area contributed by atoms with E-state index in [-0.39, 0.29) is 6.61 Å².